The highest BCUT2D eigenvalue weighted by Crippen LogP contribution is 2.28. The first-order valence-corrected chi connectivity index (χ1v) is 7.28. The molecular formula is C15H18N2O4. The van der Waals surface area contributed by atoms with E-state index >= 15 is 0 Å². The van der Waals surface area contributed by atoms with E-state index in [-0.39, 0.29) is 24.0 Å². The lowest BCUT2D eigenvalue weighted by atomic mass is 9.80. The fourth-order valence-electron chi connectivity index (χ4n) is 2.48. The van der Waals surface area contributed by atoms with Crippen LogP contribution in [0.2, 0.25) is 0 Å². The summed E-state index contributed by atoms with van der Waals surface area (Å²) >= 11 is 0. The number of carboxylic acid groups (broad SMARTS) is 1. The summed E-state index contributed by atoms with van der Waals surface area (Å²) in [6.45, 7) is 0. The number of nitrogens with one attached hydrogen (secondary N) is 1. The van der Waals surface area contributed by atoms with Gasteiger partial charge in [-0.05, 0) is 38.2 Å². The van der Waals surface area contributed by atoms with Crippen molar-refractivity contribution in [2.45, 2.75) is 44.2 Å². The molecule has 0 aliphatic heterocycles. The largest absolute Gasteiger partial charge is 0.481 e. The smallest absolute Gasteiger partial charge is 0.306 e. The van der Waals surface area contributed by atoms with Crippen molar-refractivity contribution in [3.63, 3.8) is 0 Å². The van der Waals surface area contributed by atoms with Crippen molar-refractivity contribution in [2.75, 3.05) is 0 Å². The summed E-state index contributed by atoms with van der Waals surface area (Å²) in [5, 5.41) is 11.7. The Labute approximate surface area is 122 Å². The van der Waals surface area contributed by atoms with E-state index in [0.717, 1.165) is 12.8 Å². The molecule has 1 aromatic heterocycles. The predicted molar refractivity (Wildman–Crippen MR) is 74.1 cm³/mol. The number of ether oxygens (including phenoxy) is 1. The summed E-state index contributed by atoms with van der Waals surface area (Å²) in [7, 11) is 0. The van der Waals surface area contributed by atoms with Crippen LogP contribution in [0.4, 0.5) is 0 Å². The normalized spacial score (nSPS) is 24.6. The Hall–Kier alpha value is -2.11. The molecule has 112 valence electrons. The van der Waals surface area contributed by atoms with Crippen LogP contribution in [0.5, 0.6) is 5.88 Å². The highest BCUT2D eigenvalue weighted by Gasteiger charge is 2.35. The van der Waals surface area contributed by atoms with E-state index < -0.39 is 5.97 Å². The van der Waals surface area contributed by atoms with Crippen molar-refractivity contribution < 1.29 is 19.4 Å². The fourth-order valence-corrected chi connectivity index (χ4v) is 2.48. The van der Waals surface area contributed by atoms with E-state index in [9.17, 15) is 9.59 Å². The maximum Gasteiger partial charge on any atom is 0.306 e. The van der Waals surface area contributed by atoms with E-state index in [2.05, 4.69) is 10.3 Å². The molecule has 0 saturated heterocycles. The summed E-state index contributed by atoms with van der Waals surface area (Å²) in [5.74, 6) is -0.847. The number of hydrogen-bond donors (Lipinski definition) is 2. The molecule has 3 rings (SSSR count). The van der Waals surface area contributed by atoms with Crippen LogP contribution in [0.1, 0.15) is 42.5 Å². The second-order valence-electron chi connectivity index (χ2n) is 5.73. The first-order chi connectivity index (χ1) is 10.1. The zero-order chi connectivity index (χ0) is 14.8. The van der Waals surface area contributed by atoms with Crippen molar-refractivity contribution in [1.82, 2.24) is 10.3 Å². The number of nitrogens with zero attached hydrogens (tertiary/aromatic N) is 1. The van der Waals surface area contributed by atoms with E-state index in [1.54, 1.807) is 18.3 Å². The zero-order valence-electron chi connectivity index (χ0n) is 11.6. The van der Waals surface area contributed by atoms with Crippen molar-refractivity contribution in [1.29, 1.82) is 0 Å². The highest BCUT2D eigenvalue weighted by atomic mass is 16.5. The average molecular weight is 290 g/mol. The molecule has 0 atom stereocenters. The number of aliphatic carboxylic acids is 1. The Kier molecular flexibility index (Phi) is 3.77. The molecule has 1 aromatic rings. The second-order valence-corrected chi connectivity index (χ2v) is 5.73. The van der Waals surface area contributed by atoms with Crippen molar-refractivity contribution in [2.24, 2.45) is 5.92 Å². The third kappa shape index (κ3) is 3.15. The molecule has 2 aliphatic rings. The van der Waals surface area contributed by atoms with E-state index in [1.165, 1.54) is 6.42 Å². The predicted octanol–water partition coefficient (Wildman–Crippen LogP) is 1.61. The van der Waals surface area contributed by atoms with Crippen LogP contribution in [0.15, 0.2) is 18.3 Å². The van der Waals surface area contributed by atoms with Crippen molar-refractivity contribution in [3.8, 4) is 5.88 Å². The zero-order valence-corrected chi connectivity index (χ0v) is 11.6. The Bertz CT molecular complexity index is 550. The minimum Gasteiger partial charge on any atom is -0.481 e. The van der Waals surface area contributed by atoms with Crippen LogP contribution in [-0.2, 0) is 4.79 Å². The summed E-state index contributed by atoms with van der Waals surface area (Å²) in [6.07, 6.45) is 6.03. The van der Waals surface area contributed by atoms with Gasteiger partial charge in [0.05, 0.1) is 5.92 Å². The summed E-state index contributed by atoms with van der Waals surface area (Å²) < 4.78 is 5.67. The van der Waals surface area contributed by atoms with Gasteiger partial charge in [0.2, 0.25) is 5.88 Å². The van der Waals surface area contributed by atoms with Gasteiger partial charge in [0.1, 0.15) is 6.10 Å². The van der Waals surface area contributed by atoms with Gasteiger partial charge in [-0.15, -0.1) is 0 Å². The van der Waals surface area contributed by atoms with Gasteiger partial charge in [0.25, 0.3) is 5.91 Å². The molecule has 1 heterocycles. The minimum absolute atomic E-state index is 0.0530. The number of pyridine rings is 1. The molecule has 1 amide bonds. The number of carbonyl (C=O) groups is 2. The first kappa shape index (κ1) is 13.9. The lowest BCUT2D eigenvalue weighted by Crippen LogP contribution is -2.46. The molecule has 0 bridgehead atoms. The number of hydrogen-bond acceptors (Lipinski definition) is 4. The molecule has 21 heavy (non-hydrogen) atoms. The third-order valence-corrected chi connectivity index (χ3v) is 4.16. The Morgan fingerprint density at radius 3 is 2.71 bits per heavy atom. The van der Waals surface area contributed by atoms with Gasteiger partial charge in [-0.3, -0.25) is 9.59 Å². The molecule has 2 fully saturated rings. The van der Waals surface area contributed by atoms with Gasteiger partial charge in [-0.2, -0.15) is 0 Å². The molecule has 2 N–H and O–H groups in total. The van der Waals surface area contributed by atoms with Gasteiger partial charge >= 0.3 is 5.97 Å². The van der Waals surface area contributed by atoms with Crippen LogP contribution >= 0.6 is 0 Å². The van der Waals surface area contributed by atoms with Crippen molar-refractivity contribution >= 4 is 11.9 Å². The quantitative estimate of drug-likeness (QED) is 0.860. The number of amides is 1. The fraction of sp³-hybridized carbons (Fsp3) is 0.533. The molecule has 0 unspecified atom stereocenters. The molecule has 6 nitrogen and oxygen atoms in total. The number of carboxylic acids is 1. The SMILES string of the molecule is O=C(NC1CC(C(=O)O)C1)c1ccnc(OC2CCC2)c1. The van der Waals surface area contributed by atoms with Crippen LogP contribution in [0.3, 0.4) is 0 Å². The topological polar surface area (TPSA) is 88.5 Å². The van der Waals surface area contributed by atoms with Gasteiger partial charge in [0.15, 0.2) is 0 Å². The van der Waals surface area contributed by atoms with Crippen molar-refractivity contribution in [3.05, 3.63) is 23.9 Å². The minimum atomic E-state index is -0.791. The first-order valence-electron chi connectivity index (χ1n) is 7.28. The monoisotopic (exact) mass is 290 g/mol. The lowest BCUT2D eigenvalue weighted by Gasteiger charge is -2.32. The number of carbonyl (C=O) groups excluding carboxylic acids is 1. The Balaban J connectivity index is 1.54. The number of aromatic nitrogens is 1. The third-order valence-electron chi connectivity index (χ3n) is 4.16. The standard InChI is InChI=1S/C15H18N2O4/c18-14(17-11-6-10(7-11)15(19)20)9-4-5-16-13(8-9)21-12-2-1-3-12/h4-5,8,10-12H,1-3,6-7H2,(H,17,18)(H,19,20). The molecule has 2 saturated carbocycles. The van der Waals surface area contributed by atoms with Crippen LogP contribution < -0.4 is 10.1 Å². The lowest BCUT2D eigenvalue weighted by molar-refractivity contribution is -0.145. The van der Waals surface area contributed by atoms with Crippen LogP contribution in [0, 0.1) is 5.92 Å². The van der Waals surface area contributed by atoms with Gasteiger partial charge in [0, 0.05) is 23.9 Å². The van der Waals surface area contributed by atoms with Gasteiger partial charge < -0.3 is 15.2 Å². The van der Waals surface area contributed by atoms with E-state index in [4.69, 9.17) is 9.84 Å². The van der Waals surface area contributed by atoms with Gasteiger partial charge in [-0.25, -0.2) is 4.98 Å². The van der Waals surface area contributed by atoms with E-state index in [1.807, 2.05) is 0 Å². The summed E-state index contributed by atoms with van der Waals surface area (Å²) in [4.78, 5) is 26.9. The van der Waals surface area contributed by atoms with Gasteiger partial charge in [-0.1, -0.05) is 0 Å². The second kappa shape index (κ2) is 5.71. The molecule has 0 spiro atoms. The van der Waals surface area contributed by atoms with Crippen LogP contribution in [-0.4, -0.2) is 34.1 Å². The molecule has 6 heteroatoms. The maximum atomic E-state index is 12.1. The Morgan fingerprint density at radius 1 is 1.33 bits per heavy atom. The van der Waals surface area contributed by atoms with Crippen LogP contribution in [0.25, 0.3) is 0 Å². The highest BCUT2D eigenvalue weighted by molar-refractivity contribution is 5.94. The number of rotatable bonds is 5. The molecular weight excluding hydrogens is 272 g/mol. The molecule has 0 radical (unpaired) electrons. The summed E-state index contributed by atoms with van der Waals surface area (Å²) in [6, 6.07) is 3.22. The Morgan fingerprint density at radius 2 is 2.10 bits per heavy atom. The molecule has 2 aliphatic carbocycles. The summed E-state index contributed by atoms with van der Waals surface area (Å²) in [5.41, 5.74) is 0.498. The van der Waals surface area contributed by atoms with E-state index in [0.29, 0.717) is 24.3 Å². The average Bonchev–Trinajstić information content (AvgIpc) is 2.37. The molecule has 0 aromatic carbocycles. The maximum absolute atomic E-state index is 12.1.